The normalized spacial score (nSPS) is 26.0. The van der Waals surface area contributed by atoms with Crippen LogP contribution in [0.3, 0.4) is 0 Å². The predicted octanol–water partition coefficient (Wildman–Crippen LogP) is -1.22. The zero-order chi connectivity index (χ0) is 30.9. The fraction of sp³-hybridized carbons (Fsp3) is 0.448. The number of pyridine rings is 1. The van der Waals surface area contributed by atoms with Crippen molar-refractivity contribution in [3.63, 3.8) is 0 Å². The van der Waals surface area contributed by atoms with Gasteiger partial charge in [0.15, 0.2) is 12.4 Å². The quantitative estimate of drug-likeness (QED) is 0.151. The molecule has 14 heteroatoms. The van der Waals surface area contributed by atoms with Gasteiger partial charge in [-0.05, 0) is 37.0 Å². The monoisotopic (exact) mass is 610 g/mol. The van der Waals surface area contributed by atoms with Gasteiger partial charge in [0.25, 0.3) is 5.91 Å². The van der Waals surface area contributed by atoms with Crippen LogP contribution in [-0.2, 0) is 37.0 Å². The van der Waals surface area contributed by atoms with E-state index in [0.717, 1.165) is 10.5 Å². The number of allylic oxidation sites excluding steroid dienone is 1. The standard InChI is InChI=1S/C29H34N6O7S/c1-3-12-42-28(41)34-11-7-29(2,17-34)31-21(36)15-32-8-4-18(5-9-32)14-33-10-6-19(24(33)37)13-20-16-43-26-22(30)25(38)35(26)23(20)27(39)40/h3-5,8-9,13,22,26H,1,6-7,10-12,14-17,30H2,2H3,(H-,31,36,39,40)/b19-13+/t22-,26-,29?/m1/s1. The van der Waals surface area contributed by atoms with Gasteiger partial charge >= 0.3 is 6.09 Å². The highest BCUT2D eigenvalue weighted by Gasteiger charge is 2.50. The number of carbonyl (C=O) groups excluding carboxylic acids is 5. The molecule has 4 amide bonds. The lowest BCUT2D eigenvalue weighted by molar-refractivity contribution is -0.684. The van der Waals surface area contributed by atoms with Gasteiger partial charge in [0.05, 0.1) is 17.2 Å². The van der Waals surface area contributed by atoms with Gasteiger partial charge in [0.1, 0.15) is 18.0 Å². The maximum absolute atomic E-state index is 13.1. The van der Waals surface area contributed by atoms with Crippen LogP contribution in [0.5, 0.6) is 0 Å². The summed E-state index contributed by atoms with van der Waals surface area (Å²) in [6.07, 6.45) is 7.23. The van der Waals surface area contributed by atoms with Crippen LogP contribution < -0.4 is 20.7 Å². The second kappa shape index (κ2) is 12.2. The first-order valence-electron chi connectivity index (χ1n) is 14.0. The Kier molecular flexibility index (Phi) is 8.60. The molecule has 1 unspecified atom stereocenters. The molecule has 5 rings (SSSR count). The molecule has 0 aliphatic carbocycles. The smallest absolute Gasteiger partial charge is 0.410 e. The van der Waals surface area contributed by atoms with E-state index in [9.17, 15) is 29.1 Å². The third-order valence-corrected chi connectivity index (χ3v) is 9.27. The molecule has 1 aromatic heterocycles. The van der Waals surface area contributed by atoms with Gasteiger partial charge in [-0.15, -0.1) is 11.8 Å². The second-order valence-electron chi connectivity index (χ2n) is 11.3. The van der Waals surface area contributed by atoms with Crippen molar-refractivity contribution < 1.29 is 38.4 Å². The molecule has 4 aliphatic rings. The Bertz CT molecular complexity index is 1430. The van der Waals surface area contributed by atoms with Crippen LogP contribution in [0.2, 0.25) is 0 Å². The van der Waals surface area contributed by atoms with Gasteiger partial charge in [-0.1, -0.05) is 12.7 Å². The molecule has 3 atom stereocenters. The summed E-state index contributed by atoms with van der Waals surface area (Å²) < 4.78 is 6.82. The van der Waals surface area contributed by atoms with Crippen molar-refractivity contribution in [2.45, 2.75) is 49.8 Å². The summed E-state index contributed by atoms with van der Waals surface area (Å²) in [5.41, 5.74) is 6.74. The van der Waals surface area contributed by atoms with Crippen LogP contribution in [0.1, 0.15) is 25.3 Å². The predicted molar refractivity (Wildman–Crippen MR) is 152 cm³/mol. The fourth-order valence-corrected chi connectivity index (χ4v) is 6.96. The maximum atomic E-state index is 13.1. The summed E-state index contributed by atoms with van der Waals surface area (Å²) >= 11 is 1.37. The Morgan fingerprint density at radius 1 is 1.28 bits per heavy atom. The zero-order valence-corrected chi connectivity index (χ0v) is 24.6. The molecule has 13 nitrogen and oxygen atoms in total. The van der Waals surface area contributed by atoms with Crippen molar-refractivity contribution in [1.29, 1.82) is 0 Å². The minimum Gasteiger partial charge on any atom is -0.543 e. The first-order chi connectivity index (χ1) is 20.5. The van der Waals surface area contributed by atoms with Crippen molar-refractivity contribution in [2.24, 2.45) is 5.73 Å². The van der Waals surface area contributed by atoms with Gasteiger partial charge in [0.2, 0.25) is 18.4 Å². The van der Waals surface area contributed by atoms with Crippen LogP contribution in [0.15, 0.2) is 60.1 Å². The summed E-state index contributed by atoms with van der Waals surface area (Å²) in [5.74, 6) is -2.01. The SMILES string of the molecule is C=CCOC(=O)N1CCC(C)(NC(=O)C[n+]2ccc(CN3CC/C(=C\C4=C(C(=O)[O-])N5C(=O)[C@@H](N)[C@H]5SC4)C3=O)cc2)C1. The van der Waals surface area contributed by atoms with Gasteiger partial charge in [-0.2, -0.15) is 4.57 Å². The molecule has 3 N–H and O–H groups in total. The van der Waals surface area contributed by atoms with Gasteiger partial charge in [-0.3, -0.25) is 19.3 Å². The number of carbonyl (C=O) groups is 5. The number of nitrogens with two attached hydrogens (primary N) is 1. The van der Waals surface area contributed by atoms with E-state index >= 15 is 0 Å². The number of carboxylic acid groups (broad SMARTS) is 1. The topological polar surface area (TPSA) is 169 Å². The van der Waals surface area contributed by atoms with Crippen molar-refractivity contribution >= 4 is 41.5 Å². The van der Waals surface area contributed by atoms with E-state index in [1.165, 1.54) is 17.8 Å². The van der Waals surface area contributed by atoms with E-state index in [1.807, 2.05) is 19.1 Å². The number of carboxylic acids is 1. The van der Waals surface area contributed by atoms with Crippen molar-refractivity contribution in [3.8, 4) is 0 Å². The molecule has 0 saturated carbocycles. The van der Waals surface area contributed by atoms with E-state index in [1.54, 1.807) is 32.8 Å². The number of hydrogen-bond donors (Lipinski definition) is 2. The van der Waals surface area contributed by atoms with Crippen LogP contribution in [0.4, 0.5) is 4.79 Å². The van der Waals surface area contributed by atoms with Crippen LogP contribution in [0, 0.1) is 0 Å². The molecule has 1 aromatic rings. The molecular weight excluding hydrogens is 576 g/mol. The van der Waals surface area contributed by atoms with E-state index in [4.69, 9.17) is 10.5 Å². The minimum absolute atomic E-state index is 0.0888. The summed E-state index contributed by atoms with van der Waals surface area (Å²) in [5, 5.41) is 14.4. The third-order valence-electron chi connectivity index (χ3n) is 7.95. The number of fused-ring (bicyclic) bond motifs is 1. The number of rotatable bonds is 9. The average Bonchev–Trinajstić information content (AvgIpc) is 3.53. The average molecular weight is 611 g/mol. The second-order valence-corrected chi connectivity index (χ2v) is 12.4. The van der Waals surface area contributed by atoms with Gasteiger partial charge < -0.3 is 35.5 Å². The van der Waals surface area contributed by atoms with Crippen LogP contribution >= 0.6 is 11.8 Å². The number of likely N-dealkylation sites (tertiary alicyclic amines) is 2. The maximum Gasteiger partial charge on any atom is 0.410 e. The first-order valence-corrected chi connectivity index (χ1v) is 15.0. The Balaban J connectivity index is 1.15. The number of aromatic nitrogens is 1. The zero-order valence-electron chi connectivity index (χ0n) is 23.8. The number of nitrogens with zero attached hydrogens (tertiary/aromatic N) is 4. The summed E-state index contributed by atoms with van der Waals surface area (Å²) in [6, 6.07) is 2.94. The van der Waals surface area contributed by atoms with E-state index < -0.39 is 34.9 Å². The number of ether oxygens (including phenoxy) is 1. The summed E-state index contributed by atoms with van der Waals surface area (Å²) in [6.45, 7) is 7.32. The highest BCUT2D eigenvalue weighted by atomic mass is 32.2. The van der Waals surface area contributed by atoms with Crippen LogP contribution in [0.25, 0.3) is 0 Å². The number of hydrogen-bond acceptors (Lipinski definition) is 9. The number of amides is 4. The molecule has 4 aliphatic heterocycles. The molecular formula is C29H34N6O7S. The lowest BCUT2D eigenvalue weighted by Crippen LogP contribution is -2.69. The fourth-order valence-electron chi connectivity index (χ4n) is 5.70. The summed E-state index contributed by atoms with van der Waals surface area (Å²) in [4.78, 5) is 66.4. The molecule has 43 heavy (non-hydrogen) atoms. The van der Waals surface area contributed by atoms with E-state index in [-0.39, 0.29) is 30.7 Å². The molecule has 0 radical (unpaired) electrons. The lowest BCUT2D eigenvalue weighted by atomic mass is 10.0. The number of aliphatic carboxylic acids is 1. The Hall–Kier alpha value is -4.17. The largest absolute Gasteiger partial charge is 0.543 e. The third kappa shape index (κ3) is 6.30. The lowest BCUT2D eigenvalue weighted by Gasteiger charge is -2.49. The first kappa shape index (κ1) is 30.3. The van der Waals surface area contributed by atoms with E-state index in [0.29, 0.717) is 55.9 Å². The molecule has 3 saturated heterocycles. The number of nitrogens with one attached hydrogen (secondary N) is 1. The number of β-lactam (4-membered cyclic amide) rings is 1. The van der Waals surface area contributed by atoms with Crippen LogP contribution in [-0.4, -0.2) is 93.4 Å². The van der Waals surface area contributed by atoms with E-state index in [2.05, 4.69) is 11.9 Å². The molecule has 228 valence electrons. The van der Waals surface area contributed by atoms with Gasteiger partial charge in [-0.25, -0.2) is 4.79 Å². The van der Waals surface area contributed by atoms with Crippen molar-refractivity contribution in [3.05, 3.63) is 65.7 Å². The molecule has 0 aromatic carbocycles. The minimum atomic E-state index is -1.46. The molecule has 3 fully saturated rings. The molecule has 0 bridgehead atoms. The Labute approximate surface area is 253 Å². The highest BCUT2D eigenvalue weighted by molar-refractivity contribution is 8.00. The molecule has 5 heterocycles. The summed E-state index contributed by atoms with van der Waals surface area (Å²) in [7, 11) is 0. The Morgan fingerprint density at radius 2 is 2.02 bits per heavy atom. The highest BCUT2D eigenvalue weighted by Crippen LogP contribution is 2.40. The van der Waals surface area contributed by atoms with Crippen molar-refractivity contribution in [2.75, 3.05) is 32.0 Å². The Morgan fingerprint density at radius 3 is 2.72 bits per heavy atom. The number of thioether (sulfide) groups is 1. The van der Waals surface area contributed by atoms with Crippen molar-refractivity contribution in [1.82, 2.24) is 20.0 Å². The molecule has 0 spiro atoms. The van der Waals surface area contributed by atoms with Gasteiger partial charge in [0, 0.05) is 49.6 Å².